The molecule has 15 heavy (non-hydrogen) atoms. The smallest absolute Gasteiger partial charge is 0.326 e. The van der Waals surface area contributed by atoms with Crippen molar-refractivity contribution in [2.24, 2.45) is 0 Å². The molecule has 0 atom stereocenters. The largest absolute Gasteiger partial charge is 0.336 e. The number of imidazole rings is 2. The van der Waals surface area contributed by atoms with Gasteiger partial charge in [0, 0.05) is 37.9 Å². The first-order chi connectivity index (χ1) is 7.36. The molecule has 1 N–H and O–H groups in total. The summed E-state index contributed by atoms with van der Waals surface area (Å²) in [5, 5.41) is 2.76. The Morgan fingerprint density at radius 2 is 2.00 bits per heavy atom. The van der Waals surface area contributed by atoms with Gasteiger partial charge in [0.15, 0.2) is 0 Å². The molecule has 0 aliphatic carbocycles. The summed E-state index contributed by atoms with van der Waals surface area (Å²) >= 11 is 0. The lowest BCUT2D eigenvalue weighted by Crippen LogP contribution is -2.30. The van der Waals surface area contributed by atoms with Crippen molar-refractivity contribution in [3.8, 4) is 0 Å². The summed E-state index contributed by atoms with van der Waals surface area (Å²) < 4.78 is 3.29. The van der Waals surface area contributed by atoms with Crippen molar-refractivity contribution in [1.29, 1.82) is 0 Å². The molecular formula is C9H11N5O. The molecule has 0 aliphatic rings. The molecule has 0 aromatic carbocycles. The van der Waals surface area contributed by atoms with Gasteiger partial charge in [0.05, 0.1) is 6.33 Å². The lowest BCUT2D eigenvalue weighted by atomic mass is 10.6. The monoisotopic (exact) mass is 205 g/mol. The van der Waals surface area contributed by atoms with Crippen molar-refractivity contribution < 1.29 is 4.79 Å². The van der Waals surface area contributed by atoms with Crippen LogP contribution in [-0.2, 0) is 6.54 Å². The van der Waals surface area contributed by atoms with Crippen LogP contribution in [-0.4, -0.2) is 31.7 Å². The van der Waals surface area contributed by atoms with E-state index in [1.807, 2.05) is 10.8 Å². The van der Waals surface area contributed by atoms with Crippen LogP contribution in [0, 0.1) is 0 Å². The standard InChI is InChI=1S/C9H11N5O/c15-9(14-6-2-11-8-14)12-3-5-13-4-1-10-7-13/h1-2,4,6-8H,3,5H2,(H,12,15). The highest BCUT2D eigenvalue weighted by atomic mass is 16.2. The fourth-order valence-electron chi connectivity index (χ4n) is 1.18. The summed E-state index contributed by atoms with van der Waals surface area (Å²) in [6.45, 7) is 1.27. The maximum Gasteiger partial charge on any atom is 0.326 e. The van der Waals surface area contributed by atoms with E-state index in [0.717, 1.165) is 0 Å². The topological polar surface area (TPSA) is 64.7 Å². The number of nitrogens with zero attached hydrogens (tertiary/aromatic N) is 4. The van der Waals surface area contributed by atoms with Crippen molar-refractivity contribution in [2.75, 3.05) is 6.54 Å². The molecule has 2 aromatic rings. The zero-order valence-electron chi connectivity index (χ0n) is 8.08. The second-order valence-corrected chi connectivity index (χ2v) is 3.00. The van der Waals surface area contributed by atoms with E-state index in [0.29, 0.717) is 13.1 Å². The third kappa shape index (κ3) is 2.43. The Bertz CT molecular complexity index is 406. The minimum Gasteiger partial charge on any atom is -0.336 e. The van der Waals surface area contributed by atoms with Gasteiger partial charge >= 0.3 is 6.03 Å². The summed E-state index contributed by atoms with van der Waals surface area (Å²) in [4.78, 5) is 19.1. The minimum absolute atomic E-state index is 0.174. The van der Waals surface area contributed by atoms with Gasteiger partial charge in [0.2, 0.25) is 0 Å². The zero-order chi connectivity index (χ0) is 10.5. The molecule has 6 heteroatoms. The molecule has 0 fully saturated rings. The van der Waals surface area contributed by atoms with E-state index in [4.69, 9.17) is 0 Å². The van der Waals surface area contributed by atoms with E-state index in [9.17, 15) is 4.79 Å². The number of hydrogen-bond acceptors (Lipinski definition) is 3. The summed E-state index contributed by atoms with van der Waals surface area (Å²) in [6, 6.07) is -0.174. The fourth-order valence-corrected chi connectivity index (χ4v) is 1.18. The zero-order valence-corrected chi connectivity index (χ0v) is 8.08. The van der Waals surface area contributed by atoms with E-state index in [2.05, 4.69) is 15.3 Å². The quantitative estimate of drug-likeness (QED) is 0.785. The van der Waals surface area contributed by atoms with E-state index in [1.54, 1.807) is 24.9 Å². The van der Waals surface area contributed by atoms with Crippen molar-refractivity contribution in [3.05, 3.63) is 37.4 Å². The molecule has 2 rings (SSSR count). The molecule has 0 bridgehead atoms. The lowest BCUT2D eigenvalue weighted by Gasteiger charge is -2.05. The van der Waals surface area contributed by atoms with Gasteiger partial charge in [0.1, 0.15) is 6.33 Å². The average Bonchev–Trinajstić information content (AvgIpc) is 2.90. The van der Waals surface area contributed by atoms with E-state index >= 15 is 0 Å². The summed E-state index contributed by atoms with van der Waals surface area (Å²) in [5.74, 6) is 0. The molecule has 2 heterocycles. The minimum atomic E-state index is -0.174. The number of nitrogens with one attached hydrogen (secondary N) is 1. The van der Waals surface area contributed by atoms with Crippen molar-refractivity contribution in [2.45, 2.75) is 6.54 Å². The van der Waals surface area contributed by atoms with Crippen molar-refractivity contribution in [1.82, 2.24) is 24.4 Å². The number of carbonyl (C=O) groups excluding carboxylic acids is 1. The Kier molecular flexibility index (Phi) is 2.77. The maximum atomic E-state index is 11.4. The van der Waals surface area contributed by atoms with Crippen LogP contribution < -0.4 is 5.32 Å². The van der Waals surface area contributed by atoms with Crippen molar-refractivity contribution >= 4 is 6.03 Å². The van der Waals surface area contributed by atoms with Crippen molar-refractivity contribution in [3.63, 3.8) is 0 Å². The Labute approximate surface area is 86.6 Å². The Morgan fingerprint density at radius 1 is 1.20 bits per heavy atom. The first-order valence-corrected chi connectivity index (χ1v) is 4.58. The Balaban J connectivity index is 1.77. The first kappa shape index (κ1) is 9.45. The molecule has 0 aliphatic heterocycles. The highest BCUT2D eigenvalue weighted by molar-refractivity contribution is 5.76. The summed E-state index contributed by atoms with van der Waals surface area (Å²) in [7, 11) is 0. The number of hydrogen-bond donors (Lipinski definition) is 1. The van der Waals surface area contributed by atoms with E-state index in [-0.39, 0.29) is 6.03 Å². The van der Waals surface area contributed by atoms with Gasteiger partial charge in [-0.15, -0.1) is 0 Å². The van der Waals surface area contributed by atoms with Gasteiger partial charge in [-0.3, -0.25) is 4.57 Å². The SMILES string of the molecule is O=C(NCCn1ccnc1)n1ccnc1. The van der Waals surface area contributed by atoms with Gasteiger partial charge in [-0.1, -0.05) is 0 Å². The van der Waals surface area contributed by atoms with Crippen LogP contribution in [0.25, 0.3) is 0 Å². The number of amides is 1. The third-order valence-corrected chi connectivity index (χ3v) is 1.94. The predicted octanol–water partition coefficient (Wildman–Crippen LogP) is 0.337. The van der Waals surface area contributed by atoms with Crippen LogP contribution in [0.4, 0.5) is 4.79 Å². The van der Waals surface area contributed by atoms with Crippen LogP contribution in [0.5, 0.6) is 0 Å². The van der Waals surface area contributed by atoms with E-state index in [1.165, 1.54) is 10.9 Å². The molecular weight excluding hydrogens is 194 g/mol. The van der Waals surface area contributed by atoms with Gasteiger partial charge in [0.25, 0.3) is 0 Å². The number of carbonyl (C=O) groups is 1. The van der Waals surface area contributed by atoms with Crippen LogP contribution in [0.3, 0.4) is 0 Å². The third-order valence-electron chi connectivity index (χ3n) is 1.94. The van der Waals surface area contributed by atoms with Gasteiger partial charge < -0.3 is 9.88 Å². The van der Waals surface area contributed by atoms with Crippen LogP contribution in [0.2, 0.25) is 0 Å². The molecule has 6 nitrogen and oxygen atoms in total. The molecule has 0 unspecified atom stereocenters. The second-order valence-electron chi connectivity index (χ2n) is 3.00. The molecule has 1 amide bonds. The number of aromatic nitrogens is 4. The molecule has 78 valence electrons. The highest BCUT2D eigenvalue weighted by Gasteiger charge is 2.01. The Hall–Kier alpha value is -2.11. The van der Waals surface area contributed by atoms with Gasteiger partial charge in [-0.25, -0.2) is 14.8 Å². The summed E-state index contributed by atoms with van der Waals surface area (Å²) in [6.07, 6.45) is 9.90. The molecule has 2 aromatic heterocycles. The van der Waals surface area contributed by atoms with Crippen LogP contribution in [0.15, 0.2) is 37.4 Å². The Morgan fingerprint density at radius 3 is 2.67 bits per heavy atom. The normalized spacial score (nSPS) is 10.1. The molecule has 0 saturated carbocycles. The molecule has 0 radical (unpaired) electrons. The lowest BCUT2D eigenvalue weighted by molar-refractivity contribution is 0.242. The predicted molar refractivity (Wildman–Crippen MR) is 53.3 cm³/mol. The second kappa shape index (κ2) is 4.41. The molecule has 0 spiro atoms. The summed E-state index contributed by atoms with van der Waals surface area (Å²) in [5.41, 5.74) is 0. The van der Waals surface area contributed by atoms with Crippen LogP contribution >= 0.6 is 0 Å². The van der Waals surface area contributed by atoms with E-state index < -0.39 is 0 Å². The number of rotatable bonds is 3. The fraction of sp³-hybridized carbons (Fsp3) is 0.222. The highest BCUT2D eigenvalue weighted by Crippen LogP contribution is 1.86. The molecule has 0 saturated heterocycles. The average molecular weight is 205 g/mol. The van der Waals surface area contributed by atoms with Crippen LogP contribution in [0.1, 0.15) is 0 Å². The first-order valence-electron chi connectivity index (χ1n) is 4.58. The van der Waals surface area contributed by atoms with Gasteiger partial charge in [-0.05, 0) is 0 Å². The van der Waals surface area contributed by atoms with Gasteiger partial charge in [-0.2, -0.15) is 0 Å². The maximum absolute atomic E-state index is 11.4.